The fourth-order valence-electron chi connectivity index (χ4n) is 5.29. The predicted octanol–water partition coefficient (Wildman–Crippen LogP) is 6.20. The second kappa shape index (κ2) is 8.18. The van der Waals surface area contributed by atoms with Crippen LogP contribution in [0.25, 0.3) is 0 Å². The predicted molar refractivity (Wildman–Crippen MR) is 124 cm³/mol. The Bertz CT molecular complexity index is 1010. The van der Waals surface area contributed by atoms with Crippen LogP contribution in [0.5, 0.6) is 11.5 Å². The number of hydrogen-bond donors (Lipinski definition) is 0. The van der Waals surface area contributed by atoms with E-state index in [-0.39, 0.29) is 5.41 Å². The quantitative estimate of drug-likeness (QED) is 0.490. The lowest BCUT2D eigenvalue weighted by molar-refractivity contribution is 0.298. The van der Waals surface area contributed by atoms with Gasteiger partial charge in [-0.05, 0) is 115 Å². The summed E-state index contributed by atoms with van der Waals surface area (Å²) in [6, 6.07) is 20.0. The Labute approximate surface area is 180 Å². The molecule has 0 unspecified atom stereocenters. The van der Waals surface area contributed by atoms with Crippen LogP contribution in [0.3, 0.4) is 0 Å². The summed E-state index contributed by atoms with van der Waals surface area (Å²) in [5, 5.41) is 0. The molecule has 1 aliphatic rings. The molecule has 0 radical (unpaired) electrons. The van der Waals surface area contributed by atoms with E-state index in [4.69, 9.17) is 9.47 Å². The van der Waals surface area contributed by atoms with E-state index in [0.717, 1.165) is 37.2 Å². The zero-order valence-electron chi connectivity index (χ0n) is 18.8. The van der Waals surface area contributed by atoms with Gasteiger partial charge in [-0.25, -0.2) is 0 Å². The third-order valence-electron chi connectivity index (χ3n) is 6.48. The molecule has 0 atom stereocenters. The van der Waals surface area contributed by atoms with E-state index >= 15 is 0 Å². The van der Waals surface area contributed by atoms with Crippen molar-refractivity contribution in [2.45, 2.75) is 46.5 Å². The monoisotopic (exact) mass is 400 g/mol. The molecule has 0 bridgehead atoms. The van der Waals surface area contributed by atoms with Gasteiger partial charge >= 0.3 is 0 Å². The molecule has 3 aromatic rings. The maximum atomic E-state index is 5.56. The molecule has 0 saturated heterocycles. The highest BCUT2D eigenvalue weighted by atomic mass is 16.5. The summed E-state index contributed by atoms with van der Waals surface area (Å²) in [4.78, 5) is 0. The fraction of sp³-hybridized carbons (Fsp3) is 0.357. The Morgan fingerprint density at radius 1 is 0.733 bits per heavy atom. The molecule has 0 aliphatic heterocycles. The Morgan fingerprint density at radius 2 is 1.30 bits per heavy atom. The van der Waals surface area contributed by atoms with E-state index in [1.165, 1.54) is 38.9 Å². The largest absolute Gasteiger partial charge is 0.497 e. The van der Waals surface area contributed by atoms with Gasteiger partial charge in [-0.1, -0.05) is 30.3 Å². The van der Waals surface area contributed by atoms with Gasteiger partial charge in [0.2, 0.25) is 0 Å². The molecule has 0 aromatic heterocycles. The molecule has 0 heterocycles. The highest BCUT2D eigenvalue weighted by Crippen LogP contribution is 2.44. The second-order valence-electron chi connectivity index (χ2n) is 9.14. The van der Waals surface area contributed by atoms with Crippen molar-refractivity contribution in [3.8, 4) is 11.5 Å². The van der Waals surface area contributed by atoms with Gasteiger partial charge < -0.3 is 9.47 Å². The molecule has 4 rings (SSSR count). The van der Waals surface area contributed by atoms with E-state index in [2.05, 4.69) is 75.4 Å². The number of aryl methyl sites for hydroxylation is 3. The summed E-state index contributed by atoms with van der Waals surface area (Å²) in [7, 11) is 3.50. The van der Waals surface area contributed by atoms with Gasteiger partial charge in [0.1, 0.15) is 11.5 Å². The van der Waals surface area contributed by atoms with E-state index in [9.17, 15) is 0 Å². The molecule has 156 valence electrons. The van der Waals surface area contributed by atoms with Gasteiger partial charge in [0.05, 0.1) is 14.2 Å². The molecule has 2 heteroatoms. The molecule has 1 aliphatic carbocycles. The maximum absolute atomic E-state index is 5.56. The molecule has 0 amide bonds. The average Bonchev–Trinajstić information content (AvgIpc) is 3.05. The minimum atomic E-state index is 0.159. The molecule has 2 nitrogen and oxygen atoms in total. The lowest BCUT2D eigenvalue weighted by Crippen LogP contribution is -2.27. The zero-order valence-corrected chi connectivity index (χ0v) is 18.8. The number of fused-ring (bicyclic) bond motifs is 1. The maximum Gasteiger partial charge on any atom is 0.119 e. The van der Waals surface area contributed by atoms with Crippen LogP contribution in [0.2, 0.25) is 0 Å². The standard InChI is InChI=1S/C28H32O2/c1-19-9-22(13-25(11-19)29-4)15-28(16-23-10-20(2)12-26(14-23)30-5)17-24-8-6-7-21(3)27(24)18-28/h6-14H,15-18H2,1-5H3. The summed E-state index contributed by atoms with van der Waals surface area (Å²) in [6.07, 6.45) is 4.29. The molecular weight excluding hydrogens is 368 g/mol. The van der Waals surface area contributed by atoms with Crippen LogP contribution in [0.15, 0.2) is 54.6 Å². The lowest BCUT2D eigenvalue weighted by Gasteiger charge is -2.30. The normalized spacial score (nSPS) is 14.4. The average molecular weight is 401 g/mol. The van der Waals surface area contributed by atoms with Crippen LogP contribution >= 0.6 is 0 Å². The van der Waals surface area contributed by atoms with Gasteiger partial charge in [-0.15, -0.1) is 0 Å². The highest BCUT2D eigenvalue weighted by molar-refractivity contribution is 5.43. The number of methoxy groups -OCH3 is 2. The first-order valence-corrected chi connectivity index (χ1v) is 10.8. The third-order valence-corrected chi connectivity index (χ3v) is 6.48. The van der Waals surface area contributed by atoms with E-state index < -0.39 is 0 Å². The van der Waals surface area contributed by atoms with Crippen molar-refractivity contribution in [2.24, 2.45) is 5.41 Å². The van der Waals surface area contributed by atoms with Crippen LogP contribution in [0.1, 0.15) is 38.9 Å². The van der Waals surface area contributed by atoms with Gasteiger partial charge in [-0.2, -0.15) is 0 Å². The first-order valence-electron chi connectivity index (χ1n) is 10.8. The SMILES string of the molecule is COc1cc(C)cc(CC2(Cc3cc(C)cc(OC)c3)Cc3cccc(C)c3C2)c1. The van der Waals surface area contributed by atoms with Crippen molar-refractivity contribution < 1.29 is 9.47 Å². The Balaban J connectivity index is 1.74. The minimum absolute atomic E-state index is 0.159. The Morgan fingerprint density at radius 3 is 1.80 bits per heavy atom. The lowest BCUT2D eigenvalue weighted by atomic mass is 9.74. The van der Waals surface area contributed by atoms with E-state index in [1.807, 2.05) is 0 Å². The molecule has 30 heavy (non-hydrogen) atoms. The summed E-state index contributed by atoms with van der Waals surface area (Å²) >= 11 is 0. The summed E-state index contributed by atoms with van der Waals surface area (Å²) < 4.78 is 11.1. The van der Waals surface area contributed by atoms with Crippen LogP contribution in [-0.2, 0) is 25.7 Å². The minimum Gasteiger partial charge on any atom is -0.497 e. The number of hydrogen-bond acceptors (Lipinski definition) is 2. The van der Waals surface area contributed by atoms with Crippen LogP contribution < -0.4 is 9.47 Å². The van der Waals surface area contributed by atoms with E-state index in [1.54, 1.807) is 14.2 Å². The van der Waals surface area contributed by atoms with Crippen molar-refractivity contribution in [3.05, 3.63) is 93.5 Å². The smallest absolute Gasteiger partial charge is 0.119 e. The van der Waals surface area contributed by atoms with Crippen molar-refractivity contribution in [3.63, 3.8) is 0 Å². The van der Waals surface area contributed by atoms with Gasteiger partial charge in [0, 0.05) is 0 Å². The topological polar surface area (TPSA) is 18.5 Å². The molecule has 3 aromatic carbocycles. The molecular formula is C28H32O2. The van der Waals surface area contributed by atoms with Gasteiger partial charge in [-0.3, -0.25) is 0 Å². The molecule has 0 N–H and O–H groups in total. The molecule has 0 spiro atoms. The Hall–Kier alpha value is -2.74. The van der Waals surface area contributed by atoms with E-state index in [0.29, 0.717) is 0 Å². The number of benzene rings is 3. The summed E-state index contributed by atoms with van der Waals surface area (Å²) in [5.74, 6) is 1.90. The molecule has 0 fully saturated rings. The highest BCUT2D eigenvalue weighted by Gasteiger charge is 2.38. The summed E-state index contributed by atoms with van der Waals surface area (Å²) in [6.45, 7) is 6.55. The first-order chi connectivity index (χ1) is 14.4. The van der Waals surface area contributed by atoms with Gasteiger partial charge in [0.15, 0.2) is 0 Å². The van der Waals surface area contributed by atoms with Crippen molar-refractivity contribution in [2.75, 3.05) is 14.2 Å². The van der Waals surface area contributed by atoms with Crippen LogP contribution in [0.4, 0.5) is 0 Å². The van der Waals surface area contributed by atoms with Crippen LogP contribution in [0, 0.1) is 26.2 Å². The van der Waals surface area contributed by atoms with Crippen molar-refractivity contribution in [1.82, 2.24) is 0 Å². The van der Waals surface area contributed by atoms with Gasteiger partial charge in [0.25, 0.3) is 0 Å². The first kappa shape index (κ1) is 20.5. The fourth-order valence-corrected chi connectivity index (χ4v) is 5.29. The Kier molecular flexibility index (Phi) is 5.60. The summed E-state index contributed by atoms with van der Waals surface area (Å²) in [5.41, 5.74) is 9.84. The van der Waals surface area contributed by atoms with Crippen molar-refractivity contribution >= 4 is 0 Å². The number of ether oxygens (including phenoxy) is 2. The zero-order chi connectivity index (χ0) is 21.3. The second-order valence-corrected chi connectivity index (χ2v) is 9.14. The third kappa shape index (κ3) is 4.23. The number of rotatable bonds is 6. The molecule has 0 saturated carbocycles. The van der Waals surface area contributed by atoms with Crippen LogP contribution in [-0.4, -0.2) is 14.2 Å². The van der Waals surface area contributed by atoms with Crippen molar-refractivity contribution in [1.29, 1.82) is 0 Å².